The molecule has 0 saturated heterocycles. The van der Waals surface area contributed by atoms with E-state index in [-0.39, 0.29) is 5.76 Å². The fraction of sp³-hybridized carbons (Fsp3) is 0.462. The highest BCUT2D eigenvalue weighted by Gasteiger charge is 2.14. The molecule has 3 heteroatoms. The molecule has 0 aliphatic carbocycles. The molecule has 0 spiro atoms. The van der Waals surface area contributed by atoms with Crippen LogP contribution in [0, 0.1) is 5.92 Å². The van der Waals surface area contributed by atoms with Crippen LogP contribution >= 0.6 is 0 Å². The highest BCUT2D eigenvalue weighted by atomic mass is 16.4. The van der Waals surface area contributed by atoms with Crippen molar-refractivity contribution >= 4 is 5.97 Å². The van der Waals surface area contributed by atoms with Crippen LogP contribution in [0.25, 0.3) is 0 Å². The van der Waals surface area contributed by atoms with Crippen molar-refractivity contribution in [3.8, 4) is 0 Å². The lowest BCUT2D eigenvalue weighted by Crippen LogP contribution is -2.12. The molecule has 0 amide bonds. The van der Waals surface area contributed by atoms with Crippen LogP contribution in [0.3, 0.4) is 0 Å². The van der Waals surface area contributed by atoms with E-state index in [1.165, 1.54) is 6.08 Å². The molecule has 0 bridgehead atoms. The molecule has 0 radical (unpaired) electrons. The lowest BCUT2D eigenvalue weighted by Gasteiger charge is -2.08. The number of hydrogen-bond donors (Lipinski definition) is 2. The molecule has 0 aliphatic heterocycles. The summed E-state index contributed by atoms with van der Waals surface area (Å²) >= 11 is 0. The second-order valence-corrected chi connectivity index (χ2v) is 3.13. The van der Waals surface area contributed by atoms with Gasteiger partial charge in [-0.3, -0.25) is 4.79 Å². The van der Waals surface area contributed by atoms with E-state index in [9.17, 15) is 4.79 Å². The number of aliphatic carboxylic acids is 1. The SMILES string of the molecule is C=C(O)/C=C\C(=C)CC(CC)C(=O)O.CC. The Hall–Kier alpha value is -1.51. The summed E-state index contributed by atoms with van der Waals surface area (Å²) in [6, 6.07) is 0. The van der Waals surface area contributed by atoms with E-state index < -0.39 is 11.9 Å². The van der Waals surface area contributed by atoms with Gasteiger partial charge in [-0.05, 0) is 18.9 Å². The summed E-state index contributed by atoms with van der Waals surface area (Å²) in [7, 11) is 0. The Morgan fingerprint density at radius 2 is 1.75 bits per heavy atom. The molecule has 1 atom stereocenters. The van der Waals surface area contributed by atoms with Gasteiger partial charge in [-0.1, -0.05) is 45.6 Å². The van der Waals surface area contributed by atoms with E-state index in [1.807, 2.05) is 20.8 Å². The van der Waals surface area contributed by atoms with Crippen molar-refractivity contribution in [3.63, 3.8) is 0 Å². The average Bonchev–Trinajstić information content (AvgIpc) is 2.25. The minimum atomic E-state index is -0.815. The molecule has 0 heterocycles. The van der Waals surface area contributed by atoms with Crippen LogP contribution in [0.4, 0.5) is 0 Å². The van der Waals surface area contributed by atoms with E-state index in [4.69, 9.17) is 10.2 Å². The van der Waals surface area contributed by atoms with Gasteiger partial charge in [-0.25, -0.2) is 0 Å². The number of rotatable bonds is 6. The molecular formula is C13H22O3. The second kappa shape index (κ2) is 10.0. The summed E-state index contributed by atoms with van der Waals surface area (Å²) in [5.74, 6) is -1.28. The molecule has 0 aromatic rings. The first-order valence-corrected chi connectivity index (χ1v) is 5.43. The van der Waals surface area contributed by atoms with Crippen molar-refractivity contribution < 1.29 is 15.0 Å². The molecule has 1 unspecified atom stereocenters. The second-order valence-electron chi connectivity index (χ2n) is 3.13. The lowest BCUT2D eigenvalue weighted by atomic mass is 9.97. The maximum atomic E-state index is 10.7. The monoisotopic (exact) mass is 226 g/mol. The molecule has 3 nitrogen and oxygen atoms in total. The summed E-state index contributed by atoms with van der Waals surface area (Å²) in [5.41, 5.74) is 0.675. The van der Waals surface area contributed by atoms with E-state index in [0.29, 0.717) is 18.4 Å². The van der Waals surface area contributed by atoms with Gasteiger partial charge in [-0.15, -0.1) is 0 Å². The third-order valence-electron chi connectivity index (χ3n) is 1.86. The van der Waals surface area contributed by atoms with E-state index >= 15 is 0 Å². The van der Waals surface area contributed by atoms with Gasteiger partial charge in [0.05, 0.1) is 5.92 Å². The normalized spacial score (nSPS) is 11.4. The quantitative estimate of drug-likeness (QED) is 0.536. The standard InChI is InChI=1S/C11H16O3.C2H6/c1-4-10(11(13)14)7-8(2)5-6-9(3)12;1-2/h5-6,10,12H,2-4,7H2,1H3,(H,13,14);1-2H3/b6-5-;. The molecule has 92 valence electrons. The molecule has 0 saturated carbocycles. The van der Waals surface area contributed by atoms with Gasteiger partial charge in [0.25, 0.3) is 0 Å². The van der Waals surface area contributed by atoms with Crippen molar-refractivity contribution in [1.29, 1.82) is 0 Å². The minimum Gasteiger partial charge on any atom is -0.509 e. The number of hydrogen-bond acceptors (Lipinski definition) is 2. The van der Waals surface area contributed by atoms with Crippen molar-refractivity contribution in [1.82, 2.24) is 0 Å². The van der Waals surface area contributed by atoms with Gasteiger partial charge in [0.1, 0.15) is 5.76 Å². The molecule has 0 rings (SSSR count). The number of aliphatic hydroxyl groups is 1. The van der Waals surface area contributed by atoms with Crippen LogP contribution in [-0.4, -0.2) is 16.2 Å². The first-order valence-electron chi connectivity index (χ1n) is 5.43. The Bertz CT molecular complexity index is 264. The van der Waals surface area contributed by atoms with Gasteiger partial charge in [0, 0.05) is 0 Å². The van der Waals surface area contributed by atoms with Gasteiger partial charge in [0.15, 0.2) is 0 Å². The van der Waals surface area contributed by atoms with Gasteiger partial charge in [0.2, 0.25) is 0 Å². The van der Waals surface area contributed by atoms with Crippen molar-refractivity contribution in [2.45, 2.75) is 33.6 Å². The lowest BCUT2D eigenvalue weighted by molar-refractivity contribution is -0.141. The zero-order chi connectivity index (χ0) is 13.1. The van der Waals surface area contributed by atoms with Crippen LogP contribution in [0.1, 0.15) is 33.6 Å². The smallest absolute Gasteiger partial charge is 0.306 e. The third kappa shape index (κ3) is 9.06. The number of carbonyl (C=O) groups is 1. The average molecular weight is 226 g/mol. The van der Waals surface area contributed by atoms with Gasteiger partial charge >= 0.3 is 5.97 Å². The zero-order valence-corrected chi connectivity index (χ0v) is 10.4. The van der Waals surface area contributed by atoms with Crippen LogP contribution in [0.5, 0.6) is 0 Å². The molecule has 16 heavy (non-hydrogen) atoms. The van der Waals surface area contributed by atoms with E-state index in [2.05, 4.69) is 13.2 Å². The van der Waals surface area contributed by atoms with Gasteiger partial charge < -0.3 is 10.2 Å². The Morgan fingerprint density at radius 1 is 1.25 bits per heavy atom. The third-order valence-corrected chi connectivity index (χ3v) is 1.86. The predicted octanol–water partition coefficient (Wildman–Crippen LogP) is 3.70. The Morgan fingerprint density at radius 3 is 2.06 bits per heavy atom. The Kier molecular flexibility index (Phi) is 10.6. The van der Waals surface area contributed by atoms with Crippen molar-refractivity contribution in [3.05, 3.63) is 36.6 Å². The predicted molar refractivity (Wildman–Crippen MR) is 67.4 cm³/mol. The van der Waals surface area contributed by atoms with E-state index in [1.54, 1.807) is 6.08 Å². The van der Waals surface area contributed by atoms with Crippen molar-refractivity contribution in [2.75, 3.05) is 0 Å². The highest BCUT2D eigenvalue weighted by Crippen LogP contribution is 2.15. The molecule has 0 aromatic carbocycles. The number of carboxylic acids is 1. The van der Waals surface area contributed by atoms with Crippen LogP contribution in [0.2, 0.25) is 0 Å². The maximum Gasteiger partial charge on any atom is 0.306 e. The van der Waals surface area contributed by atoms with Crippen LogP contribution in [0.15, 0.2) is 36.6 Å². The largest absolute Gasteiger partial charge is 0.509 e. The molecule has 0 fully saturated rings. The Balaban J connectivity index is 0. The fourth-order valence-electron chi connectivity index (χ4n) is 1.00. The summed E-state index contributed by atoms with van der Waals surface area (Å²) < 4.78 is 0. The highest BCUT2D eigenvalue weighted by molar-refractivity contribution is 5.70. The summed E-state index contributed by atoms with van der Waals surface area (Å²) in [6.07, 6.45) is 3.95. The first-order chi connectivity index (χ1) is 7.47. The number of aliphatic hydroxyl groups excluding tert-OH is 1. The van der Waals surface area contributed by atoms with Crippen molar-refractivity contribution in [2.24, 2.45) is 5.92 Å². The summed E-state index contributed by atoms with van der Waals surface area (Å²) in [5, 5.41) is 17.5. The van der Waals surface area contributed by atoms with Crippen LogP contribution in [-0.2, 0) is 4.79 Å². The number of carboxylic acid groups (broad SMARTS) is 1. The van der Waals surface area contributed by atoms with E-state index in [0.717, 1.165) is 0 Å². The number of allylic oxidation sites excluding steroid dienone is 3. The summed E-state index contributed by atoms with van der Waals surface area (Å²) in [4.78, 5) is 10.7. The van der Waals surface area contributed by atoms with Gasteiger partial charge in [-0.2, -0.15) is 0 Å². The topological polar surface area (TPSA) is 57.5 Å². The van der Waals surface area contributed by atoms with Crippen LogP contribution < -0.4 is 0 Å². The molecule has 2 N–H and O–H groups in total. The molecule has 0 aromatic heterocycles. The molecular weight excluding hydrogens is 204 g/mol. The first kappa shape index (κ1) is 16.9. The maximum absolute atomic E-state index is 10.7. The zero-order valence-electron chi connectivity index (χ0n) is 10.4. The summed E-state index contributed by atoms with van der Waals surface area (Å²) in [6.45, 7) is 12.8. The molecule has 0 aliphatic rings. The Labute approximate surface area is 97.8 Å². The minimum absolute atomic E-state index is 0.0606. The fourth-order valence-corrected chi connectivity index (χ4v) is 1.00.